The summed E-state index contributed by atoms with van der Waals surface area (Å²) in [6, 6.07) is 13.6. The molecule has 5 N–H and O–H groups in total. The van der Waals surface area contributed by atoms with Crippen LogP contribution in [-0.4, -0.2) is 84.1 Å². The topological polar surface area (TPSA) is 155 Å². The van der Waals surface area contributed by atoms with E-state index in [0.717, 1.165) is 10.8 Å². The van der Waals surface area contributed by atoms with E-state index in [1.54, 1.807) is 0 Å². The molecule has 0 saturated carbocycles. The van der Waals surface area contributed by atoms with Crippen molar-refractivity contribution in [1.29, 1.82) is 0 Å². The molecule has 3 heterocycles. The first kappa shape index (κ1) is 22.4. The molecule has 2 aromatic carbocycles. The van der Waals surface area contributed by atoms with Crippen LogP contribution < -0.4 is 10.1 Å². The molecule has 0 radical (unpaired) electrons. The number of nitrogens with zero attached hydrogens (tertiary/aromatic N) is 4. The fraction of sp³-hybridized carbons (Fsp3) is 0.348. The molecular weight excluding hydrogens is 442 g/mol. The second-order valence-corrected chi connectivity index (χ2v) is 8.10. The number of hydrogen-bond acceptors (Lipinski definition) is 10. The van der Waals surface area contributed by atoms with Crippen molar-refractivity contribution in [2.75, 3.05) is 25.1 Å². The highest BCUT2D eigenvalue weighted by Crippen LogP contribution is 2.32. The molecule has 1 aliphatic rings. The zero-order chi connectivity index (χ0) is 23.7. The Hall–Kier alpha value is -3.35. The van der Waals surface area contributed by atoms with Crippen molar-refractivity contribution >= 4 is 27.8 Å². The van der Waals surface area contributed by atoms with Crippen molar-refractivity contribution in [1.82, 2.24) is 19.5 Å². The number of nitrogens with one attached hydrogen (secondary N) is 1. The minimum Gasteiger partial charge on any atom is -0.490 e. The number of hydrogen-bond donors (Lipinski definition) is 5. The van der Waals surface area contributed by atoms with Crippen LogP contribution in [0.5, 0.6) is 5.75 Å². The highest BCUT2D eigenvalue weighted by Gasteiger charge is 2.44. The highest BCUT2D eigenvalue weighted by atomic mass is 16.6. The molecule has 1 saturated heterocycles. The zero-order valence-corrected chi connectivity index (χ0v) is 18.1. The predicted octanol–water partition coefficient (Wildman–Crippen LogP) is 0.443. The summed E-state index contributed by atoms with van der Waals surface area (Å²) in [5.41, 5.74) is 0.774. The quantitative estimate of drug-likeness (QED) is 0.247. The summed E-state index contributed by atoms with van der Waals surface area (Å²) >= 11 is 0. The summed E-state index contributed by atoms with van der Waals surface area (Å²) in [4.78, 5) is 12.7. The Labute approximate surface area is 194 Å². The fourth-order valence-corrected chi connectivity index (χ4v) is 4.06. The van der Waals surface area contributed by atoms with E-state index in [0.29, 0.717) is 22.7 Å². The van der Waals surface area contributed by atoms with Crippen LogP contribution in [0.25, 0.3) is 21.9 Å². The second kappa shape index (κ2) is 9.49. The van der Waals surface area contributed by atoms with Gasteiger partial charge in [-0.2, -0.15) is 0 Å². The summed E-state index contributed by atoms with van der Waals surface area (Å²) in [6.45, 7) is -0.203. The number of aliphatic hydroxyl groups excluding tert-OH is 4. The molecule has 11 nitrogen and oxygen atoms in total. The van der Waals surface area contributed by atoms with Gasteiger partial charge >= 0.3 is 0 Å². The average Bonchev–Trinajstić information content (AvgIpc) is 3.42. The van der Waals surface area contributed by atoms with Gasteiger partial charge in [0.1, 0.15) is 43.1 Å². The van der Waals surface area contributed by atoms with E-state index in [4.69, 9.17) is 9.47 Å². The predicted molar refractivity (Wildman–Crippen MR) is 122 cm³/mol. The number of anilines is 1. The Bertz CT molecular complexity index is 1280. The van der Waals surface area contributed by atoms with E-state index >= 15 is 0 Å². The van der Waals surface area contributed by atoms with Gasteiger partial charge in [0.05, 0.1) is 12.9 Å². The molecule has 5 atom stereocenters. The first-order chi connectivity index (χ1) is 16.6. The lowest BCUT2D eigenvalue weighted by Crippen LogP contribution is -2.33. The van der Waals surface area contributed by atoms with Gasteiger partial charge in [-0.25, -0.2) is 15.0 Å². The normalized spacial score (nSPS) is 23.4. The summed E-state index contributed by atoms with van der Waals surface area (Å²) in [5, 5.41) is 45.2. The Morgan fingerprint density at radius 2 is 1.88 bits per heavy atom. The van der Waals surface area contributed by atoms with Crippen molar-refractivity contribution < 1.29 is 29.9 Å². The third-order valence-electron chi connectivity index (χ3n) is 5.84. The Morgan fingerprint density at radius 1 is 1.06 bits per heavy atom. The van der Waals surface area contributed by atoms with Crippen molar-refractivity contribution in [3.8, 4) is 5.75 Å². The van der Waals surface area contributed by atoms with Crippen LogP contribution in [0.15, 0.2) is 55.1 Å². The van der Waals surface area contributed by atoms with Gasteiger partial charge in [0.15, 0.2) is 23.2 Å². The van der Waals surface area contributed by atoms with Gasteiger partial charge in [0.2, 0.25) is 0 Å². The maximum Gasteiger partial charge on any atom is 0.167 e. The van der Waals surface area contributed by atoms with E-state index < -0.39 is 37.3 Å². The molecule has 34 heavy (non-hydrogen) atoms. The molecule has 1 fully saturated rings. The third-order valence-corrected chi connectivity index (χ3v) is 5.84. The number of imidazole rings is 1. The third kappa shape index (κ3) is 4.15. The smallest absolute Gasteiger partial charge is 0.167 e. The minimum absolute atomic E-state index is 0.0756. The molecular formula is C23H25N5O6. The molecule has 0 unspecified atom stereocenters. The number of ether oxygens (including phenoxy) is 2. The molecule has 11 heteroatoms. The summed E-state index contributed by atoms with van der Waals surface area (Å²) in [6.07, 6.45) is -2.44. The van der Waals surface area contributed by atoms with Crippen molar-refractivity contribution in [3.05, 3.63) is 55.1 Å². The molecule has 4 aromatic rings. The molecule has 0 aliphatic carbocycles. The molecule has 0 spiro atoms. The molecule has 0 amide bonds. The van der Waals surface area contributed by atoms with E-state index in [1.165, 1.54) is 17.2 Å². The van der Waals surface area contributed by atoms with Gasteiger partial charge in [0.25, 0.3) is 0 Å². The standard InChI is InChI=1S/C23H25N5O6/c29-9-17-19(31)20(32)23(34-17)28-12-27-18-21(25-11-26-22(18)28)24-8-14(30)10-33-16-7-3-5-13-4-1-2-6-15(13)16/h1-7,11-12,14,17,19-20,23,29-32H,8-10H2,(H,24,25,26)/t14-,17+,19+,20+,23+/m0/s1. The average molecular weight is 467 g/mol. The lowest BCUT2D eigenvalue weighted by Gasteiger charge is -2.17. The molecule has 0 bridgehead atoms. The fourth-order valence-electron chi connectivity index (χ4n) is 4.06. The second-order valence-electron chi connectivity index (χ2n) is 8.10. The van der Waals surface area contributed by atoms with Gasteiger partial charge in [-0.3, -0.25) is 4.57 Å². The maximum atomic E-state index is 10.5. The van der Waals surface area contributed by atoms with Crippen LogP contribution in [0.1, 0.15) is 6.23 Å². The van der Waals surface area contributed by atoms with Crippen LogP contribution in [0, 0.1) is 0 Å². The first-order valence-corrected chi connectivity index (χ1v) is 10.9. The summed E-state index contributed by atoms with van der Waals surface area (Å²) < 4.78 is 12.9. The Kier molecular flexibility index (Phi) is 6.26. The number of aromatic nitrogens is 4. The monoisotopic (exact) mass is 467 g/mol. The number of fused-ring (bicyclic) bond motifs is 2. The summed E-state index contributed by atoms with van der Waals surface area (Å²) in [5.74, 6) is 1.08. The van der Waals surface area contributed by atoms with E-state index in [2.05, 4.69) is 20.3 Å². The lowest BCUT2D eigenvalue weighted by atomic mass is 10.1. The van der Waals surface area contributed by atoms with Gasteiger partial charge < -0.3 is 35.2 Å². The van der Waals surface area contributed by atoms with Crippen LogP contribution >= 0.6 is 0 Å². The van der Waals surface area contributed by atoms with Gasteiger partial charge in [-0.05, 0) is 11.5 Å². The summed E-state index contributed by atoms with van der Waals surface area (Å²) in [7, 11) is 0. The molecule has 5 rings (SSSR count). The highest BCUT2D eigenvalue weighted by molar-refractivity contribution is 5.88. The largest absolute Gasteiger partial charge is 0.490 e. The molecule has 1 aliphatic heterocycles. The maximum absolute atomic E-state index is 10.5. The Morgan fingerprint density at radius 3 is 2.71 bits per heavy atom. The first-order valence-electron chi connectivity index (χ1n) is 10.9. The van der Waals surface area contributed by atoms with Crippen molar-refractivity contribution in [3.63, 3.8) is 0 Å². The molecule has 2 aromatic heterocycles. The van der Waals surface area contributed by atoms with E-state index in [1.807, 2.05) is 42.5 Å². The van der Waals surface area contributed by atoms with Gasteiger partial charge in [-0.15, -0.1) is 0 Å². The van der Waals surface area contributed by atoms with Crippen LogP contribution in [0.3, 0.4) is 0 Å². The zero-order valence-electron chi connectivity index (χ0n) is 18.1. The Balaban J connectivity index is 1.26. The SMILES string of the molecule is OC[C@H]1O[C@@H](n2cnc3c(NC[C@H](O)COc4cccc5ccccc45)ncnc32)[C@H](O)[C@@H]1O. The van der Waals surface area contributed by atoms with Gasteiger partial charge in [0, 0.05) is 11.9 Å². The van der Waals surface area contributed by atoms with Crippen LogP contribution in [0.2, 0.25) is 0 Å². The van der Waals surface area contributed by atoms with E-state index in [-0.39, 0.29) is 13.2 Å². The number of rotatable bonds is 8. The van der Waals surface area contributed by atoms with E-state index in [9.17, 15) is 20.4 Å². The van der Waals surface area contributed by atoms with Gasteiger partial charge in [-0.1, -0.05) is 36.4 Å². The van der Waals surface area contributed by atoms with Crippen molar-refractivity contribution in [2.45, 2.75) is 30.6 Å². The lowest BCUT2D eigenvalue weighted by molar-refractivity contribution is -0.0511. The van der Waals surface area contributed by atoms with Crippen LogP contribution in [-0.2, 0) is 4.74 Å². The van der Waals surface area contributed by atoms with Crippen molar-refractivity contribution in [2.24, 2.45) is 0 Å². The molecule has 178 valence electrons. The van der Waals surface area contributed by atoms with Crippen LogP contribution in [0.4, 0.5) is 5.82 Å². The minimum atomic E-state index is -1.26. The number of aliphatic hydroxyl groups is 4. The number of benzene rings is 2.